The molecule has 0 saturated carbocycles. The van der Waals surface area contributed by atoms with E-state index < -0.39 is 21.7 Å². The number of amides is 1. The molecule has 0 bridgehead atoms. The molecule has 0 atom stereocenters. The number of hydrogen-bond acceptors (Lipinski definition) is 3. The molecule has 0 heterocycles. The minimum Gasteiger partial charge on any atom is -0.322 e. The van der Waals surface area contributed by atoms with Crippen molar-refractivity contribution in [2.24, 2.45) is 0 Å². The van der Waals surface area contributed by atoms with E-state index in [1.165, 1.54) is 30.3 Å². The van der Waals surface area contributed by atoms with Crippen LogP contribution in [-0.4, -0.2) is 14.3 Å². The van der Waals surface area contributed by atoms with E-state index in [9.17, 15) is 17.6 Å². The number of rotatable bonds is 6. The lowest BCUT2D eigenvalue weighted by Gasteiger charge is -2.11. The number of hydrogen-bond donors (Lipinski definition) is 2. The topological polar surface area (TPSA) is 75.3 Å². The second kappa shape index (κ2) is 8.63. The van der Waals surface area contributed by atoms with E-state index >= 15 is 0 Å². The summed E-state index contributed by atoms with van der Waals surface area (Å²) in [6.45, 7) is 2.03. The van der Waals surface area contributed by atoms with Crippen LogP contribution in [0.25, 0.3) is 0 Å². The fraction of sp³-hybridized carbons (Fsp3) is 0.0952. The Morgan fingerprint density at radius 1 is 0.966 bits per heavy atom. The van der Waals surface area contributed by atoms with E-state index in [1.54, 1.807) is 12.1 Å². The predicted octanol–water partition coefficient (Wildman–Crippen LogP) is 5.09. The molecule has 0 radical (unpaired) electrons. The smallest absolute Gasteiger partial charge is 0.261 e. The second-order valence-electron chi connectivity index (χ2n) is 6.26. The molecule has 2 N–H and O–H groups in total. The van der Waals surface area contributed by atoms with Gasteiger partial charge in [0, 0.05) is 11.4 Å². The minimum atomic E-state index is -3.99. The lowest BCUT2D eigenvalue weighted by atomic mass is 10.1. The average Bonchev–Trinajstić information content (AvgIpc) is 2.70. The first-order valence-corrected chi connectivity index (χ1v) is 10.6. The monoisotopic (exact) mass is 432 g/mol. The minimum absolute atomic E-state index is 0.0215. The van der Waals surface area contributed by atoms with Gasteiger partial charge in [0.15, 0.2) is 0 Å². The molecule has 0 fully saturated rings. The van der Waals surface area contributed by atoms with Crippen molar-refractivity contribution in [2.45, 2.75) is 18.2 Å². The number of nitrogens with one attached hydrogen (secondary N) is 2. The van der Waals surface area contributed by atoms with Gasteiger partial charge in [-0.1, -0.05) is 30.7 Å². The molecule has 0 spiro atoms. The first kappa shape index (κ1) is 20.8. The van der Waals surface area contributed by atoms with Crippen molar-refractivity contribution in [1.82, 2.24) is 0 Å². The van der Waals surface area contributed by atoms with Crippen LogP contribution in [0.4, 0.5) is 15.8 Å². The van der Waals surface area contributed by atoms with Crippen LogP contribution in [0, 0.1) is 5.82 Å². The molecule has 0 aliphatic rings. The standard InChI is InChI=1S/C21H18ClFN2O3S/c1-2-14-3-7-16(8-4-14)24-21(26)19-13-18(11-12-20(19)22)29(27,28)25-17-9-5-15(23)6-10-17/h3-13,25H,2H2,1H3,(H,24,26). The van der Waals surface area contributed by atoms with Crippen molar-refractivity contribution in [3.63, 3.8) is 0 Å². The van der Waals surface area contributed by atoms with Crippen LogP contribution in [0.3, 0.4) is 0 Å². The maximum absolute atomic E-state index is 13.0. The van der Waals surface area contributed by atoms with Crippen molar-refractivity contribution < 1.29 is 17.6 Å². The van der Waals surface area contributed by atoms with E-state index in [1.807, 2.05) is 19.1 Å². The summed E-state index contributed by atoms with van der Waals surface area (Å²) < 4.78 is 40.6. The summed E-state index contributed by atoms with van der Waals surface area (Å²) in [5.41, 5.74) is 1.92. The molecule has 3 aromatic carbocycles. The molecule has 3 aromatic rings. The van der Waals surface area contributed by atoms with E-state index in [0.717, 1.165) is 24.1 Å². The lowest BCUT2D eigenvalue weighted by Crippen LogP contribution is -2.16. The van der Waals surface area contributed by atoms with Gasteiger partial charge in [-0.2, -0.15) is 0 Å². The molecule has 0 aliphatic carbocycles. The van der Waals surface area contributed by atoms with Crippen molar-refractivity contribution in [3.05, 3.63) is 88.7 Å². The van der Waals surface area contributed by atoms with Crippen molar-refractivity contribution in [2.75, 3.05) is 10.0 Å². The van der Waals surface area contributed by atoms with E-state index in [2.05, 4.69) is 10.0 Å². The number of aryl methyl sites for hydroxylation is 1. The molecule has 5 nitrogen and oxygen atoms in total. The average molecular weight is 433 g/mol. The van der Waals surface area contributed by atoms with Gasteiger partial charge in [0.1, 0.15) is 5.82 Å². The quantitative estimate of drug-likeness (QED) is 0.569. The van der Waals surface area contributed by atoms with E-state index in [0.29, 0.717) is 5.69 Å². The summed E-state index contributed by atoms with van der Waals surface area (Å²) in [6.07, 6.45) is 0.876. The number of carbonyl (C=O) groups is 1. The summed E-state index contributed by atoms with van der Waals surface area (Å²) in [5.74, 6) is -1.01. The van der Waals surface area contributed by atoms with E-state index in [-0.39, 0.29) is 21.2 Å². The van der Waals surface area contributed by atoms with Crippen molar-refractivity contribution in [1.29, 1.82) is 0 Å². The van der Waals surface area contributed by atoms with E-state index in [4.69, 9.17) is 11.6 Å². The third kappa shape index (κ3) is 5.13. The maximum atomic E-state index is 13.0. The van der Waals surface area contributed by atoms with Gasteiger partial charge in [0.25, 0.3) is 15.9 Å². The Morgan fingerprint density at radius 3 is 2.21 bits per heavy atom. The first-order chi connectivity index (χ1) is 13.8. The zero-order valence-corrected chi connectivity index (χ0v) is 17.0. The normalized spacial score (nSPS) is 11.1. The number of benzene rings is 3. The highest BCUT2D eigenvalue weighted by Gasteiger charge is 2.19. The van der Waals surface area contributed by atoms with Gasteiger partial charge in [-0.05, 0) is 66.6 Å². The first-order valence-electron chi connectivity index (χ1n) is 8.77. The molecule has 0 aromatic heterocycles. The molecule has 0 aliphatic heterocycles. The zero-order valence-electron chi connectivity index (χ0n) is 15.4. The molecule has 1 amide bonds. The Labute approximate surface area is 173 Å². The molecule has 29 heavy (non-hydrogen) atoms. The summed E-state index contributed by atoms with van der Waals surface area (Å²) in [5, 5.41) is 2.82. The number of anilines is 2. The molecule has 150 valence electrons. The summed E-state index contributed by atoms with van der Waals surface area (Å²) in [7, 11) is -3.99. The Hall–Kier alpha value is -2.90. The summed E-state index contributed by atoms with van der Waals surface area (Å²) >= 11 is 6.11. The number of carbonyl (C=O) groups excluding carboxylic acids is 1. The highest BCUT2D eigenvalue weighted by Crippen LogP contribution is 2.24. The van der Waals surface area contributed by atoms with Gasteiger partial charge in [-0.3, -0.25) is 9.52 Å². The SMILES string of the molecule is CCc1ccc(NC(=O)c2cc(S(=O)(=O)Nc3ccc(F)cc3)ccc2Cl)cc1. The van der Waals surface area contributed by atoms with Crippen LogP contribution >= 0.6 is 11.6 Å². The summed E-state index contributed by atoms with van der Waals surface area (Å²) in [4.78, 5) is 12.5. The third-order valence-corrected chi connectivity index (χ3v) is 5.92. The molecular weight excluding hydrogens is 415 g/mol. The van der Waals surface area contributed by atoms with Crippen LogP contribution in [0.1, 0.15) is 22.8 Å². The van der Waals surface area contributed by atoms with Crippen LogP contribution in [0.2, 0.25) is 5.02 Å². The van der Waals surface area contributed by atoms with Crippen LogP contribution in [0.5, 0.6) is 0 Å². The second-order valence-corrected chi connectivity index (χ2v) is 8.35. The molecule has 8 heteroatoms. The molecular formula is C21H18ClFN2O3S. The number of sulfonamides is 1. The van der Waals surface area contributed by atoms with Crippen molar-refractivity contribution >= 4 is 38.9 Å². The third-order valence-electron chi connectivity index (χ3n) is 4.21. The lowest BCUT2D eigenvalue weighted by molar-refractivity contribution is 0.102. The largest absolute Gasteiger partial charge is 0.322 e. The van der Waals surface area contributed by atoms with Crippen LogP contribution < -0.4 is 10.0 Å². The Morgan fingerprint density at radius 2 is 1.59 bits per heavy atom. The van der Waals surface area contributed by atoms with Gasteiger partial charge >= 0.3 is 0 Å². The van der Waals surface area contributed by atoms with Gasteiger partial charge in [0.05, 0.1) is 15.5 Å². The Balaban J connectivity index is 1.84. The van der Waals surface area contributed by atoms with Gasteiger partial charge in [-0.25, -0.2) is 12.8 Å². The molecule has 0 saturated heterocycles. The highest BCUT2D eigenvalue weighted by atomic mass is 35.5. The van der Waals surface area contributed by atoms with Crippen molar-refractivity contribution in [3.8, 4) is 0 Å². The number of halogens is 2. The van der Waals surface area contributed by atoms with Crippen LogP contribution in [-0.2, 0) is 16.4 Å². The predicted molar refractivity (Wildman–Crippen MR) is 112 cm³/mol. The fourth-order valence-corrected chi connectivity index (χ4v) is 3.89. The zero-order chi connectivity index (χ0) is 21.0. The maximum Gasteiger partial charge on any atom is 0.261 e. The molecule has 3 rings (SSSR count). The van der Waals surface area contributed by atoms with Crippen LogP contribution in [0.15, 0.2) is 71.6 Å². The fourth-order valence-electron chi connectivity index (χ4n) is 2.60. The molecule has 0 unspecified atom stereocenters. The summed E-state index contributed by atoms with van der Waals surface area (Å²) in [6, 6.07) is 16.0. The Kier molecular flexibility index (Phi) is 6.20. The Bertz CT molecular complexity index is 1130. The van der Waals surface area contributed by atoms with Gasteiger partial charge in [-0.15, -0.1) is 0 Å². The highest BCUT2D eigenvalue weighted by molar-refractivity contribution is 7.92. The van der Waals surface area contributed by atoms with Gasteiger partial charge < -0.3 is 5.32 Å². The van der Waals surface area contributed by atoms with Gasteiger partial charge in [0.2, 0.25) is 0 Å².